The van der Waals surface area contributed by atoms with Crippen LogP contribution in [-0.4, -0.2) is 110 Å². The highest BCUT2D eigenvalue weighted by Gasteiger charge is 2.65. The number of amides is 1. The van der Waals surface area contributed by atoms with Crippen LogP contribution in [0.2, 0.25) is 0 Å². The van der Waals surface area contributed by atoms with Gasteiger partial charge in [0, 0.05) is 57.8 Å². The number of nitrogens with zero attached hydrogens (tertiary/aromatic N) is 3. The molecule has 6 atom stereocenters. The molecule has 50 heavy (non-hydrogen) atoms. The van der Waals surface area contributed by atoms with Gasteiger partial charge >= 0.3 is 6.09 Å². The molecule has 1 aromatic carbocycles. The smallest absolute Gasteiger partial charge is 0.409 e. The Balaban J connectivity index is 1.68. The van der Waals surface area contributed by atoms with Crippen LogP contribution in [-0.2, 0) is 14.3 Å². The predicted octanol–water partition coefficient (Wildman–Crippen LogP) is 5.68. The van der Waals surface area contributed by atoms with Crippen LogP contribution in [0.25, 0.3) is 0 Å². The lowest BCUT2D eigenvalue weighted by molar-refractivity contribution is -0.253. The number of hydrogen-bond donors (Lipinski definition) is 2. The van der Waals surface area contributed by atoms with Crippen molar-refractivity contribution in [2.75, 3.05) is 66.3 Å². The maximum atomic E-state index is 13.6. The van der Waals surface area contributed by atoms with E-state index in [2.05, 4.69) is 35.4 Å². The number of unbranched alkanes of at least 4 members (excludes halogenated alkanes) is 2. The van der Waals surface area contributed by atoms with Gasteiger partial charge < -0.3 is 38.9 Å². The SMILES string of the molecule is C=CCCOC(=O)N(C)[C@H]1CC(=NOCC)C2=C[C@H](CCCCO)[C@@H](CCCCO)[C@@H]3c4cc(OCCN5CC5)ccc4O[C@@]1(OCC=C)[C@H]23. The monoisotopic (exact) mass is 695 g/mol. The number of allylic oxidation sites excluding steroid dienone is 1. The van der Waals surface area contributed by atoms with E-state index < -0.39 is 17.9 Å². The molecule has 0 spiro atoms. The van der Waals surface area contributed by atoms with Gasteiger partial charge in [-0.15, -0.1) is 13.2 Å². The number of rotatable bonds is 21. The fraction of sp³-hybridized carbons (Fsp3) is 0.641. The van der Waals surface area contributed by atoms with Gasteiger partial charge in [0.05, 0.1) is 24.8 Å². The molecule has 1 amide bonds. The zero-order chi connectivity index (χ0) is 35.5. The third-order valence-electron chi connectivity index (χ3n) is 10.5. The van der Waals surface area contributed by atoms with E-state index in [9.17, 15) is 15.0 Å². The molecule has 11 nitrogen and oxygen atoms in total. The van der Waals surface area contributed by atoms with E-state index in [-0.39, 0.29) is 50.1 Å². The molecule has 0 unspecified atom stereocenters. The van der Waals surface area contributed by atoms with Crippen LogP contribution in [0.1, 0.15) is 69.8 Å². The molecule has 2 aliphatic heterocycles. The number of oxime groups is 1. The van der Waals surface area contributed by atoms with Crippen molar-refractivity contribution >= 4 is 11.8 Å². The summed E-state index contributed by atoms with van der Waals surface area (Å²) in [6, 6.07) is 5.44. The first-order valence-electron chi connectivity index (χ1n) is 18.5. The standard InChI is InChI=1S/C39H57N3O8/c1-5-8-23-47-38(45)41(4)35-27-33(40-49-7-3)31-25-28(13-9-11-20-43)30(14-10-12-21-44)36-32-26-29(46-24-19-42-17-18-42)15-16-34(32)50-39(35,37(31)36)48-22-6-2/h5-6,15-16,25-26,28,30,35-37,43-44H,1-2,7-14,17-24,27H2,3-4H3/t28-,30+,35-,36+,37+,39+/m0/s1. The second kappa shape index (κ2) is 18.2. The highest BCUT2D eigenvalue weighted by molar-refractivity contribution is 6.02. The molecule has 5 rings (SSSR count). The third kappa shape index (κ3) is 8.55. The van der Waals surface area contributed by atoms with Crippen LogP contribution in [0.4, 0.5) is 4.79 Å². The molecule has 1 saturated heterocycles. The van der Waals surface area contributed by atoms with E-state index in [1.54, 1.807) is 24.1 Å². The van der Waals surface area contributed by atoms with Crippen LogP contribution >= 0.6 is 0 Å². The summed E-state index contributed by atoms with van der Waals surface area (Å²) in [5.41, 5.74) is 2.80. The van der Waals surface area contributed by atoms with Crippen molar-refractivity contribution in [3.8, 4) is 11.5 Å². The summed E-state index contributed by atoms with van der Waals surface area (Å²) in [5.74, 6) is 0.0235. The minimum atomic E-state index is -1.30. The van der Waals surface area contributed by atoms with Gasteiger partial charge in [0.15, 0.2) is 0 Å². The zero-order valence-corrected chi connectivity index (χ0v) is 30.0. The lowest BCUT2D eigenvalue weighted by Gasteiger charge is -2.59. The minimum Gasteiger partial charge on any atom is -0.492 e. The van der Waals surface area contributed by atoms with Crippen molar-refractivity contribution in [2.24, 2.45) is 22.9 Å². The second-order valence-corrected chi connectivity index (χ2v) is 13.7. The van der Waals surface area contributed by atoms with Gasteiger partial charge in [-0.25, -0.2) is 4.79 Å². The molecule has 0 radical (unpaired) electrons. The topological polar surface area (TPSA) is 122 Å². The first-order valence-corrected chi connectivity index (χ1v) is 18.5. The van der Waals surface area contributed by atoms with Crippen LogP contribution in [0.3, 0.4) is 0 Å². The average Bonchev–Trinajstić information content (AvgIpc) is 3.95. The number of hydrogen-bond acceptors (Lipinski definition) is 10. The summed E-state index contributed by atoms with van der Waals surface area (Å²) in [5, 5.41) is 24.2. The molecule has 1 aromatic rings. The Hall–Kier alpha value is -3.38. The van der Waals surface area contributed by atoms with Crippen LogP contribution in [0, 0.1) is 17.8 Å². The Labute approximate surface area is 297 Å². The largest absolute Gasteiger partial charge is 0.492 e. The van der Waals surface area contributed by atoms with E-state index in [1.807, 2.05) is 19.1 Å². The van der Waals surface area contributed by atoms with Gasteiger partial charge in [0.1, 0.15) is 30.8 Å². The molecule has 2 N–H and O–H groups in total. The second-order valence-electron chi connectivity index (χ2n) is 13.7. The molecule has 0 aromatic heterocycles. The van der Waals surface area contributed by atoms with Crippen LogP contribution in [0.5, 0.6) is 11.5 Å². The normalized spacial score (nSPS) is 27.3. The number of aliphatic hydroxyl groups is 2. The molecule has 2 aliphatic carbocycles. The van der Waals surface area contributed by atoms with Crippen LogP contribution < -0.4 is 9.47 Å². The van der Waals surface area contributed by atoms with Gasteiger partial charge in [0.25, 0.3) is 0 Å². The summed E-state index contributed by atoms with van der Waals surface area (Å²) >= 11 is 0. The summed E-state index contributed by atoms with van der Waals surface area (Å²) < 4.78 is 26.0. The fourth-order valence-corrected chi connectivity index (χ4v) is 8.01. The molecule has 2 fully saturated rings. The van der Waals surface area contributed by atoms with Gasteiger partial charge in [-0.05, 0) is 74.6 Å². The highest BCUT2D eigenvalue weighted by atomic mass is 16.7. The zero-order valence-electron chi connectivity index (χ0n) is 30.0. The number of aliphatic hydroxyl groups excluding tert-OH is 2. The summed E-state index contributed by atoms with van der Waals surface area (Å²) in [6.45, 7) is 14.4. The molecule has 276 valence electrons. The maximum absolute atomic E-state index is 13.6. The molecule has 1 saturated carbocycles. The quantitative estimate of drug-likeness (QED) is 0.0724. The fourth-order valence-electron chi connectivity index (χ4n) is 8.01. The van der Waals surface area contributed by atoms with E-state index in [0.29, 0.717) is 38.2 Å². The van der Waals surface area contributed by atoms with Crippen molar-refractivity contribution in [1.29, 1.82) is 0 Å². The summed E-state index contributed by atoms with van der Waals surface area (Å²) in [7, 11) is 1.73. The number of ether oxygens (including phenoxy) is 4. The number of fused-ring (bicyclic) bond motifs is 2. The van der Waals surface area contributed by atoms with Crippen molar-refractivity contribution < 1.29 is 38.8 Å². The lowest BCUT2D eigenvalue weighted by atomic mass is 9.55. The number of benzene rings is 1. The number of carbonyl (C=O) groups is 1. The molecular weight excluding hydrogens is 638 g/mol. The van der Waals surface area contributed by atoms with Gasteiger partial charge in [-0.3, -0.25) is 4.90 Å². The Morgan fingerprint density at radius 3 is 2.60 bits per heavy atom. The Kier molecular flexibility index (Phi) is 13.8. The van der Waals surface area contributed by atoms with Crippen molar-refractivity contribution in [3.63, 3.8) is 0 Å². The molecular formula is C39H57N3O8. The van der Waals surface area contributed by atoms with E-state index in [1.165, 1.54) is 0 Å². The molecule has 0 bridgehead atoms. The van der Waals surface area contributed by atoms with Crippen molar-refractivity contribution in [2.45, 2.75) is 76.0 Å². The maximum Gasteiger partial charge on any atom is 0.409 e. The number of likely N-dealkylation sites (N-methyl/N-ethyl adjacent to an activating group) is 1. The van der Waals surface area contributed by atoms with E-state index >= 15 is 0 Å². The van der Waals surface area contributed by atoms with E-state index in [4.69, 9.17) is 23.8 Å². The summed E-state index contributed by atoms with van der Waals surface area (Å²) in [4.78, 5) is 23.3. The molecule has 11 heteroatoms. The van der Waals surface area contributed by atoms with E-state index in [0.717, 1.165) is 74.3 Å². The minimum absolute atomic E-state index is 0.100. The van der Waals surface area contributed by atoms with Gasteiger partial charge in [0.2, 0.25) is 5.79 Å². The first kappa shape index (κ1) is 37.9. The lowest BCUT2D eigenvalue weighted by Crippen LogP contribution is -2.69. The number of carbonyl (C=O) groups excluding carboxylic acids is 1. The summed E-state index contributed by atoms with van der Waals surface area (Å²) in [6.07, 6.45) is 11.1. The molecule has 2 heterocycles. The molecule has 4 aliphatic rings. The van der Waals surface area contributed by atoms with Crippen molar-refractivity contribution in [1.82, 2.24) is 9.80 Å². The third-order valence-corrected chi connectivity index (χ3v) is 10.5. The highest BCUT2D eigenvalue weighted by Crippen LogP contribution is 2.61. The van der Waals surface area contributed by atoms with Crippen molar-refractivity contribution in [3.05, 3.63) is 60.7 Å². The Bertz CT molecular complexity index is 1360. The first-order chi connectivity index (χ1) is 24.4. The van der Waals surface area contributed by atoms with Crippen LogP contribution in [0.15, 0.2) is 60.3 Å². The average molecular weight is 696 g/mol. The Morgan fingerprint density at radius 1 is 1.12 bits per heavy atom. The van der Waals surface area contributed by atoms with Gasteiger partial charge in [-0.1, -0.05) is 36.2 Å². The Morgan fingerprint density at radius 2 is 1.90 bits per heavy atom. The van der Waals surface area contributed by atoms with Gasteiger partial charge in [-0.2, -0.15) is 0 Å². The predicted molar refractivity (Wildman–Crippen MR) is 192 cm³/mol.